The van der Waals surface area contributed by atoms with Crippen molar-refractivity contribution in [1.82, 2.24) is 0 Å². The molecule has 4 N–H and O–H groups in total. The van der Waals surface area contributed by atoms with E-state index >= 15 is 0 Å². The molecule has 0 saturated heterocycles. The van der Waals surface area contributed by atoms with Gasteiger partial charge in [-0.1, -0.05) is 46.6 Å². The fourth-order valence-electron chi connectivity index (χ4n) is 3.72. The van der Waals surface area contributed by atoms with E-state index in [4.69, 9.17) is 0 Å². The zero-order valence-electron chi connectivity index (χ0n) is 23.3. The van der Waals surface area contributed by atoms with Crippen LogP contribution in [0.15, 0.2) is 46.6 Å². The molecule has 0 spiro atoms. The molecule has 3 atom stereocenters. The van der Waals surface area contributed by atoms with Crippen LogP contribution in [-0.4, -0.2) is 43.8 Å². The SMILES string of the molecule is CC(C)=CCC/C(C)=C\CC/C(C)=C\CC/C=C(\C)CC[C@H](O)[C@@](C)(O)CC[C@@H](O)C(C)(C)O. The van der Waals surface area contributed by atoms with Gasteiger partial charge in [0, 0.05) is 0 Å². The highest BCUT2D eigenvalue weighted by Gasteiger charge is 2.33. The van der Waals surface area contributed by atoms with E-state index in [1.54, 1.807) is 20.8 Å². The minimum Gasteiger partial charge on any atom is -0.390 e. The first-order valence-corrected chi connectivity index (χ1v) is 13.1. The van der Waals surface area contributed by atoms with Gasteiger partial charge in [0.25, 0.3) is 0 Å². The molecule has 0 fully saturated rings. The summed E-state index contributed by atoms with van der Waals surface area (Å²) in [5, 5.41) is 40.8. The van der Waals surface area contributed by atoms with Crippen molar-refractivity contribution < 1.29 is 20.4 Å². The zero-order chi connectivity index (χ0) is 26.4. The third-order valence-corrected chi connectivity index (χ3v) is 6.54. The number of unbranched alkanes of at least 4 members (excludes halogenated alkanes) is 1. The van der Waals surface area contributed by atoms with Gasteiger partial charge in [-0.3, -0.25) is 0 Å². The van der Waals surface area contributed by atoms with Crippen molar-refractivity contribution in [3.05, 3.63) is 46.6 Å². The van der Waals surface area contributed by atoms with Gasteiger partial charge in [0.2, 0.25) is 0 Å². The highest BCUT2D eigenvalue weighted by atomic mass is 16.3. The highest BCUT2D eigenvalue weighted by Crippen LogP contribution is 2.25. The van der Waals surface area contributed by atoms with Gasteiger partial charge in [-0.15, -0.1) is 0 Å². The number of allylic oxidation sites excluding steroid dienone is 8. The quantitative estimate of drug-likeness (QED) is 0.135. The third-order valence-electron chi connectivity index (χ3n) is 6.54. The second kappa shape index (κ2) is 16.5. The Morgan fingerprint density at radius 3 is 1.53 bits per heavy atom. The highest BCUT2D eigenvalue weighted by molar-refractivity contribution is 5.06. The fraction of sp³-hybridized carbons (Fsp3) is 0.733. The van der Waals surface area contributed by atoms with Crippen molar-refractivity contribution in [3.8, 4) is 0 Å². The standard InChI is InChI=1S/C30H54O4/c1-23(2)13-11-16-25(4)18-12-17-24(3)14-9-10-15-26(5)19-20-28(32)30(8,34)22-21-27(31)29(6,7)33/h13-15,18,27-28,31-34H,9-12,16-17,19-22H2,1-8H3/b24-14-,25-18-,26-15+/t27-,28+,30+/m1/s1. The third kappa shape index (κ3) is 16.4. The number of hydrogen-bond donors (Lipinski definition) is 4. The van der Waals surface area contributed by atoms with E-state index < -0.39 is 23.4 Å². The van der Waals surface area contributed by atoms with Crippen LogP contribution in [0.3, 0.4) is 0 Å². The maximum Gasteiger partial charge on any atom is 0.0878 e. The Balaban J connectivity index is 4.29. The summed E-state index contributed by atoms with van der Waals surface area (Å²) in [7, 11) is 0. The summed E-state index contributed by atoms with van der Waals surface area (Å²) in [6.07, 6.45) is 15.5. The molecule has 34 heavy (non-hydrogen) atoms. The van der Waals surface area contributed by atoms with Gasteiger partial charge >= 0.3 is 0 Å². The molecular formula is C30H54O4. The lowest BCUT2D eigenvalue weighted by molar-refractivity contribution is -0.0946. The van der Waals surface area contributed by atoms with Crippen LogP contribution >= 0.6 is 0 Å². The summed E-state index contributed by atoms with van der Waals surface area (Å²) in [6.45, 7) is 15.5. The summed E-state index contributed by atoms with van der Waals surface area (Å²) >= 11 is 0. The lowest BCUT2D eigenvalue weighted by atomic mass is 9.86. The molecule has 0 aromatic rings. The molecule has 0 rings (SSSR count). The smallest absolute Gasteiger partial charge is 0.0878 e. The molecule has 0 aromatic heterocycles. The minimum atomic E-state index is -1.29. The van der Waals surface area contributed by atoms with Gasteiger partial charge < -0.3 is 20.4 Å². The Morgan fingerprint density at radius 2 is 1.06 bits per heavy atom. The number of rotatable bonds is 17. The van der Waals surface area contributed by atoms with E-state index in [-0.39, 0.29) is 12.8 Å². The van der Waals surface area contributed by atoms with Crippen LogP contribution in [-0.2, 0) is 0 Å². The van der Waals surface area contributed by atoms with Crippen LogP contribution in [0.5, 0.6) is 0 Å². The van der Waals surface area contributed by atoms with Gasteiger partial charge in [-0.05, 0) is 120 Å². The first-order valence-electron chi connectivity index (χ1n) is 13.1. The summed E-state index contributed by atoms with van der Waals surface area (Å²) in [4.78, 5) is 0. The van der Waals surface area contributed by atoms with Crippen LogP contribution < -0.4 is 0 Å². The van der Waals surface area contributed by atoms with E-state index in [1.165, 1.54) is 22.3 Å². The Bertz CT molecular complexity index is 685. The maximum atomic E-state index is 10.6. The molecule has 0 aliphatic heterocycles. The van der Waals surface area contributed by atoms with Crippen molar-refractivity contribution in [3.63, 3.8) is 0 Å². The van der Waals surface area contributed by atoms with E-state index in [0.29, 0.717) is 6.42 Å². The molecule has 4 heteroatoms. The topological polar surface area (TPSA) is 80.9 Å². The molecule has 0 saturated carbocycles. The predicted octanol–water partition coefficient (Wildman–Crippen LogP) is 6.94. The lowest BCUT2D eigenvalue weighted by Gasteiger charge is -2.32. The monoisotopic (exact) mass is 478 g/mol. The first kappa shape index (κ1) is 32.8. The summed E-state index contributed by atoms with van der Waals surface area (Å²) in [6, 6.07) is 0. The molecule has 0 aliphatic rings. The van der Waals surface area contributed by atoms with E-state index in [2.05, 4.69) is 58.9 Å². The molecule has 0 aromatic carbocycles. The van der Waals surface area contributed by atoms with Crippen molar-refractivity contribution in [2.24, 2.45) is 0 Å². The average Bonchev–Trinajstić information content (AvgIpc) is 2.72. The van der Waals surface area contributed by atoms with E-state index in [9.17, 15) is 20.4 Å². The zero-order valence-corrected chi connectivity index (χ0v) is 23.3. The van der Waals surface area contributed by atoms with Crippen molar-refractivity contribution in [2.45, 2.75) is 143 Å². The Morgan fingerprint density at radius 1 is 0.618 bits per heavy atom. The van der Waals surface area contributed by atoms with Crippen molar-refractivity contribution >= 4 is 0 Å². The first-order chi connectivity index (χ1) is 15.6. The second-order valence-corrected chi connectivity index (χ2v) is 11.2. The largest absolute Gasteiger partial charge is 0.390 e. The molecule has 198 valence electrons. The lowest BCUT2D eigenvalue weighted by Crippen LogP contribution is -2.42. The van der Waals surface area contributed by atoms with E-state index in [0.717, 1.165) is 44.9 Å². The van der Waals surface area contributed by atoms with Crippen LogP contribution in [0.2, 0.25) is 0 Å². The molecule has 0 radical (unpaired) electrons. The average molecular weight is 479 g/mol. The van der Waals surface area contributed by atoms with Crippen LogP contribution in [0.1, 0.15) is 120 Å². The molecule has 0 amide bonds. The van der Waals surface area contributed by atoms with Crippen LogP contribution in [0.25, 0.3) is 0 Å². The van der Waals surface area contributed by atoms with Gasteiger partial charge in [-0.2, -0.15) is 0 Å². The van der Waals surface area contributed by atoms with Gasteiger partial charge in [0.15, 0.2) is 0 Å². The summed E-state index contributed by atoms with van der Waals surface area (Å²) < 4.78 is 0. The minimum absolute atomic E-state index is 0.232. The Hall–Kier alpha value is -1.20. The number of aliphatic hydroxyl groups excluding tert-OH is 2. The number of hydrogen-bond acceptors (Lipinski definition) is 4. The normalized spacial score (nSPS) is 17.4. The van der Waals surface area contributed by atoms with Crippen LogP contribution in [0.4, 0.5) is 0 Å². The molecule has 0 unspecified atom stereocenters. The number of aliphatic hydroxyl groups is 4. The predicted molar refractivity (Wildman–Crippen MR) is 146 cm³/mol. The second-order valence-electron chi connectivity index (χ2n) is 11.2. The van der Waals surface area contributed by atoms with Gasteiger partial charge in [0.05, 0.1) is 23.4 Å². The van der Waals surface area contributed by atoms with Gasteiger partial charge in [0.1, 0.15) is 0 Å². The molecular weight excluding hydrogens is 424 g/mol. The van der Waals surface area contributed by atoms with Gasteiger partial charge in [-0.25, -0.2) is 0 Å². The molecule has 0 aliphatic carbocycles. The van der Waals surface area contributed by atoms with Crippen molar-refractivity contribution in [1.29, 1.82) is 0 Å². The Labute approximate surface area is 210 Å². The Kier molecular flexibility index (Phi) is 15.9. The molecule has 0 heterocycles. The summed E-state index contributed by atoms with van der Waals surface area (Å²) in [5.74, 6) is 0. The maximum absolute atomic E-state index is 10.6. The van der Waals surface area contributed by atoms with E-state index in [1.807, 2.05) is 0 Å². The summed E-state index contributed by atoms with van der Waals surface area (Å²) in [5.41, 5.74) is 3.00. The molecule has 0 bridgehead atoms. The van der Waals surface area contributed by atoms with Crippen LogP contribution in [0, 0.1) is 0 Å². The molecule has 4 nitrogen and oxygen atoms in total. The fourth-order valence-corrected chi connectivity index (χ4v) is 3.72. The van der Waals surface area contributed by atoms with Crippen molar-refractivity contribution in [2.75, 3.05) is 0 Å².